The Morgan fingerprint density at radius 3 is 2.36 bits per heavy atom. The summed E-state index contributed by atoms with van der Waals surface area (Å²) in [6.07, 6.45) is -0.354. The van der Waals surface area contributed by atoms with Gasteiger partial charge in [-0.05, 0) is 54.0 Å². The standard InChI is InChI=1S/C19H33N3O2S/c1-19(2,3)24-18(23)20-16(14-22(6)13-12-21(4)5)15-25-17-10-8-7-9-11-17/h7-11,16H,12-15H2,1-6H3,(H,20,23)/t16-/m1/s1. The van der Waals surface area contributed by atoms with Crippen LogP contribution in [0.3, 0.4) is 0 Å². The van der Waals surface area contributed by atoms with Crippen LogP contribution in [-0.4, -0.2) is 74.1 Å². The van der Waals surface area contributed by atoms with E-state index >= 15 is 0 Å². The van der Waals surface area contributed by atoms with E-state index in [9.17, 15) is 4.79 Å². The molecule has 0 fully saturated rings. The molecule has 1 rings (SSSR count). The number of alkyl carbamates (subject to hydrolysis) is 1. The number of hydrogen-bond acceptors (Lipinski definition) is 5. The van der Waals surface area contributed by atoms with Crippen LogP contribution in [0.25, 0.3) is 0 Å². The van der Waals surface area contributed by atoms with Crippen LogP contribution in [0.5, 0.6) is 0 Å². The Labute approximate surface area is 157 Å². The molecule has 0 heterocycles. The van der Waals surface area contributed by atoms with E-state index in [0.29, 0.717) is 0 Å². The molecule has 0 aliphatic heterocycles. The lowest BCUT2D eigenvalue weighted by molar-refractivity contribution is 0.0500. The topological polar surface area (TPSA) is 44.8 Å². The molecule has 0 bridgehead atoms. The molecule has 1 aromatic rings. The maximum absolute atomic E-state index is 12.2. The van der Waals surface area contributed by atoms with Crippen LogP contribution in [0.4, 0.5) is 4.79 Å². The number of ether oxygens (including phenoxy) is 1. The van der Waals surface area contributed by atoms with Gasteiger partial charge in [0.05, 0.1) is 6.04 Å². The van der Waals surface area contributed by atoms with E-state index in [4.69, 9.17) is 4.74 Å². The first-order chi connectivity index (χ1) is 11.7. The van der Waals surface area contributed by atoms with E-state index in [1.54, 1.807) is 11.8 Å². The Morgan fingerprint density at radius 2 is 1.80 bits per heavy atom. The summed E-state index contributed by atoms with van der Waals surface area (Å²) in [5.74, 6) is 0.801. The molecule has 1 amide bonds. The summed E-state index contributed by atoms with van der Waals surface area (Å²) < 4.78 is 5.41. The molecule has 1 N–H and O–H groups in total. The molecule has 0 spiro atoms. The minimum absolute atomic E-state index is 0.0206. The number of rotatable bonds is 9. The van der Waals surface area contributed by atoms with Crippen LogP contribution >= 0.6 is 11.8 Å². The van der Waals surface area contributed by atoms with Crippen LogP contribution in [0.2, 0.25) is 0 Å². The molecular weight excluding hydrogens is 334 g/mol. The Balaban J connectivity index is 2.60. The predicted octanol–water partition coefficient (Wildman–Crippen LogP) is 3.17. The first-order valence-electron chi connectivity index (χ1n) is 8.66. The Hall–Kier alpha value is -1.24. The van der Waals surface area contributed by atoms with Crippen molar-refractivity contribution in [2.24, 2.45) is 0 Å². The molecule has 0 aromatic heterocycles. The number of thioether (sulfide) groups is 1. The SMILES string of the molecule is CN(C)CCN(C)C[C@H](CSc1ccccc1)NC(=O)OC(C)(C)C. The molecule has 0 radical (unpaired) electrons. The first kappa shape index (κ1) is 21.8. The van der Waals surface area contributed by atoms with Crippen molar-refractivity contribution in [3.05, 3.63) is 30.3 Å². The number of carbonyl (C=O) groups is 1. The quantitative estimate of drug-likeness (QED) is 0.679. The molecule has 1 aromatic carbocycles. The second-order valence-electron chi connectivity index (χ2n) is 7.53. The number of carbonyl (C=O) groups excluding carboxylic acids is 1. The van der Waals surface area contributed by atoms with Gasteiger partial charge in [-0.1, -0.05) is 18.2 Å². The highest BCUT2D eigenvalue weighted by molar-refractivity contribution is 7.99. The fourth-order valence-corrected chi connectivity index (χ4v) is 3.10. The zero-order valence-electron chi connectivity index (χ0n) is 16.4. The van der Waals surface area contributed by atoms with Crippen molar-refractivity contribution in [2.75, 3.05) is 46.5 Å². The van der Waals surface area contributed by atoms with Crippen molar-refractivity contribution in [1.82, 2.24) is 15.1 Å². The average molecular weight is 368 g/mol. The van der Waals surface area contributed by atoms with Crippen molar-refractivity contribution in [3.8, 4) is 0 Å². The van der Waals surface area contributed by atoms with Gasteiger partial charge in [0.15, 0.2) is 0 Å². The molecule has 1 atom stereocenters. The molecule has 0 saturated heterocycles. The minimum atomic E-state index is -0.488. The van der Waals surface area contributed by atoms with Crippen LogP contribution < -0.4 is 5.32 Å². The summed E-state index contributed by atoms with van der Waals surface area (Å²) in [6, 6.07) is 10.3. The van der Waals surface area contributed by atoms with Gasteiger partial charge < -0.3 is 19.9 Å². The van der Waals surface area contributed by atoms with E-state index in [1.165, 1.54) is 4.90 Å². The molecule has 5 nitrogen and oxygen atoms in total. The number of nitrogens with one attached hydrogen (secondary N) is 1. The zero-order valence-corrected chi connectivity index (χ0v) is 17.2. The number of amides is 1. The molecule has 0 aliphatic carbocycles. The summed E-state index contributed by atoms with van der Waals surface area (Å²) in [6.45, 7) is 8.36. The molecule has 6 heteroatoms. The summed E-state index contributed by atoms with van der Waals surface area (Å²) in [5, 5.41) is 3.03. The number of hydrogen-bond donors (Lipinski definition) is 1. The van der Waals surface area contributed by atoms with Crippen LogP contribution in [0.15, 0.2) is 35.2 Å². The number of likely N-dealkylation sites (N-methyl/N-ethyl adjacent to an activating group) is 2. The predicted molar refractivity (Wildman–Crippen MR) is 106 cm³/mol. The van der Waals surface area contributed by atoms with Crippen LogP contribution in [0, 0.1) is 0 Å². The molecule has 142 valence electrons. The van der Waals surface area contributed by atoms with E-state index < -0.39 is 5.60 Å². The minimum Gasteiger partial charge on any atom is -0.444 e. The highest BCUT2D eigenvalue weighted by Gasteiger charge is 2.20. The third-order valence-electron chi connectivity index (χ3n) is 3.38. The highest BCUT2D eigenvalue weighted by Crippen LogP contribution is 2.18. The van der Waals surface area contributed by atoms with Gasteiger partial charge in [0.1, 0.15) is 5.60 Å². The van der Waals surface area contributed by atoms with Gasteiger partial charge in [0.25, 0.3) is 0 Å². The Bertz CT molecular complexity index is 503. The maximum Gasteiger partial charge on any atom is 0.407 e. The Morgan fingerprint density at radius 1 is 1.16 bits per heavy atom. The zero-order chi connectivity index (χ0) is 18.9. The molecule has 0 aliphatic rings. The summed E-state index contributed by atoms with van der Waals surface area (Å²) in [5.41, 5.74) is -0.488. The van der Waals surface area contributed by atoms with E-state index in [0.717, 1.165) is 25.4 Å². The van der Waals surface area contributed by atoms with E-state index in [2.05, 4.69) is 48.4 Å². The Kier molecular flexibility index (Phi) is 9.32. The van der Waals surface area contributed by atoms with Gasteiger partial charge >= 0.3 is 6.09 Å². The molecule has 25 heavy (non-hydrogen) atoms. The lowest BCUT2D eigenvalue weighted by atomic mass is 10.2. The lowest BCUT2D eigenvalue weighted by Gasteiger charge is -2.27. The van der Waals surface area contributed by atoms with Crippen molar-refractivity contribution < 1.29 is 9.53 Å². The van der Waals surface area contributed by atoms with Crippen molar-refractivity contribution in [2.45, 2.75) is 37.3 Å². The maximum atomic E-state index is 12.2. The first-order valence-corrected chi connectivity index (χ1v) is 9.65. The number of nitrogens with zero attached hydrogens (tertiary/aromatic N) is 2. The van der Waals surface area contributed by atoms with Gasteiger partial charge in [-0.15, -0.1) is 11.8 Å². The fourth-order valence-electron chi connectivity index (χ4n) is 2.17. The van der Waals surface area contributed by atoms with Gasteiger partial charge in [-0.2, -0.15) is 0 Å². The van der Waals surface area contributed by atoms with Crippen molar-refractivity contribution in [1.29, 1.82) is 0 Å². The lowest BCUT2D eigenvalue weighted by Crippen LogP contribution is -2.47. The largest absolute Gasteiger partial charge is 0.444 e. The fraction of sp³-hybridized carbons (Fsp3) is 0.632. The normalized spacial score (nSPS) is 13.1. The molecule has 0 unspecified atom stereocenters. The average Bonchev–Trinajstić information content (AvgIpc) is 2.49. The third-order valence-corrected chi connectivity index (χ3v) is 4.55. The molecular formula is C19H33N3O2S. The summed E-state index contributed by atoms with van der Waals surface area (Å²) in [7, 11) is 6.21. The van der Waals surface area contributed by atoms with Crippen LogP contribution in [0.1, 0.15) is 20.8 Å². The third kappa shape index (κ3) is 11.1. The van der Waals surface area contributed by atoms with Gasteiger partial charge in [-0.3, -0.25) is 0 Å². The van der Waals surface area contributed by atoms with Crippen molar-refractivity contribution in [3.63, 3.8) is 0 Å². The smallest absolute Gasteiger partial charge is 0.407 e. The highest BCUT2D eigenvalue weighted by atomic mass is 32.2. The summed E-state index contributed by atoms with van der Waals surface area (Å²) in [4.78, 5) is 17.8. The second-order valence-corrected chi connectivity index (χ2v) is 8.63. The molecule has 0 saturated carbocycles. The summed E-state index contributed by atoms with van der Waals surface area (Å²) >= 11 is 1.75. The van der Waals surface area contributed by atoms with Gasteiger partial charge in [-0.25, -0.2) is 4.79 Å². The van der Waals surface area contributed by atoms with Crippen molar-refractivity contribution >= 4 is 17.9 Å². The van der Waals surface area contributed by atoms with Gasteiger partial charge in [0.2, 0.25) is 0 Å². The monoisotopic (exact) mass is 367 g/mol. The second kappa shape index (κ2) is 10.7. The number of benzene rings is 1. The van der Waals surface area contributed by atoms with Gasteiger partial charge in [0, 0.05) is 30.3 Å². The van der Waals surface area contributed by atoms with Crippen LogP contribution in [-0.2, 0) is 4.74 Å². The van der Waals surface area contributed by atoms with E-state index in [1.807, 2.05) is 39.0 Å². The van der Waals surface area contributed by atoms with E-state index in [-0.39, 0.29) is 12.1 Å².